The summed E-state index contributed by atoms with van der Waals surface area (Å²) in [6, 6.07) is 1.67. The number of primary amides is 1. The van der Waals surface area contributed by atoms with Gasteiger partial charge in [0, 0.05) is 22.1 Å². The Morgan fingerprint density at radius 2 is 2.14 bits per heavy atom. The van der Waals surface area contributed by atoms with Crippen LogP contribution in [0.25, 0.3) is 4.96 Å². The van der Waals surface area contributed by atoms with Crippen LogP contribution in [0.4, 0.5) is 5.00 Å². The van der Waals surface area contributed by atoms with Crippen LogP contribution in [-0.4, -0.2) is 21.2 Å². The zero-order chi connectivity index (χ0) is 15.1. The van der Waals surface area contributed by atoms with Gasteiger partial charge in [0.25, 0.3) is 11.8 Å². The second kappa shape index (κ2) is 4.97. The first-order valence-electron chi connectivity index (χ1n) is 6.10. The fourth-order valence-electron chi connectivity index (χ4n) is 1.96. The van der Waals surface area contributed by atoms with Gasteiger partial charge in [0.15, 0.2) is 4.96 Å². The topological polar surface area (TPSA) is 89.5 Å². The highest BCUT2D eigenvalue weighted by molar-refractivity contribution is 7.16. The van der Waals surface area contributed by atoms with Gasteiger partial charge in [-0.3, -0.25) is 14.0 Å². The second-order valence-corrected chi connectivity index (χ2v) is 6.67. The summed E-state index contributed by atoms with van der Waals surface area (Å²) in [6.07, 6.45) is 1.68. The van der Waals surface area contributed by atoms with Crippen LogP contribution in [-0.2, 0) is 0 Å². The zero-order valence-electron chi connectivity index (χ0n) is 11.3. The quantitative estimate of drug-likeness (QED) is 0.776. The Bertz CT molecular complexity index is 859. The van der Waals surface area contributed by atoms with Crippen molar-refractivity contribution in [2.75, 3.05) is 5.32 Å². The molecule has 0 unspecified atom stereocenters. The summed E-state index contributed by atoms with van der Waals surface area (Å²) in [7, 11) is 0. The van der Waals surface area contributed by atoms with Crippen LogP contribution >= 0.6 is 22.7 Å². The third-order valence-electron chi connectivity index (χ3n) is 2.97. The Morgan fingerprint density at radius 1 is 1.38 bits per heavy atom. The molecule has 3 aromatic heterocycles. The molecule has 0 fully saturated rings. The molecule has 108 valence electrons. The van der Waals surface area contributed by atoms with Gasteiger partial charge in [-0.1, -0.05) is 0 Å². The summed E-state index contributed by atoms with van der Waals surface area (Å²) >= 11 is 2.78. The number of imidazole rings is 1. The SMILES string of the molecule is Cc1cc(C(N)=O)c(NC(=O)c2cn3c(C)csc3n2)s1. The van der Waals surface area contributed by atoms with Crippen LogP contribution in [0.3, 0.4) is 0 Å². The molecule has 0 aliphatic carbocycles. The molecule has 0 aliphatic rings. The third kappa shape index (κ3) is 2.43. The normalized spacial score (nSPS) is 11.0. The number of nitrogens with one attached hydrogen (secondary N) is 1. The molecule has 8 heteroatoms. The van der Waals surface area contributed by atoms with E-state index in [2.05, 4.69) is 10.3 Å². The van der Waals surface area contributed by atoms with Crippen molar-refractivity contribution in [3.8, 4) is 0 Å². The number of fused-ring (bicyclic) bond motifs is 1. The lowest BCUT2D eigenvalue weighted by Gasteiger charge is -2.01. The predicted octanol–water partition coefficient (Wildman–Crippen LogP) is 2.43. The Balaban J connectivity index is 1.90. The van der Waals surface area contributed by atoms with Gasteiger partial charge in [0.2, 0.25) is 0 Å². The van der Waals surface area contributed by atoms with Crippen molar-refractivity contribution in [2.24, 2.45) is 5.73 Å². The van der Waals surface area contributed by atoms with E-state index >= 15 is 0 Å². The van der Waals surface area contributed by atoms with Crippen molar-refractivity contribution in [3.63, 3.8) is 0 Å². The molecule has 0 atom stereocenters. The number of aromatic nitrogens is 2. The molecule has 0 aromatic carbocycles. The fraction of sp³-hybridized carbons (Fsp3) is 0.154. The van der Waals surface area contributed by atoms with Crippen LogP contribution in [0.2, 0.25) is 0 Å². The Labute approximate surface area is 128 Å². The molecule has 2 amide bonds. The van der Waals surface area contributed by atoms with Crippen molar-refractivity contribution in [2.45, 2.75) is 13.8 Å². The summed E-state index contributed by atoms with van der Waals surface area (Å²) in [4.78, 5) is 29.5. The first-order chi connectivity index (χ1) is 9.95. The fourth-order valence-corrected chi connectivity index (χ4v) is 3.72. The van der Waals surface area contributed by atoms with E-state index in [0.717, 1.165) is 15.5 Å². The predicted molar refractivity (Wildman–Crippen MR) is 83.3 cm³/mol. The van der Waals surface area contributed by atoms with Gasteiger partial charge in [-0.2, -0.15) is 0 Å². The van der Waals surface area contributed by atoms with Crippen molar-refractivity contribution >= 4 is 44.4 Å². The number of nitrogens with zero attached hydrogens (tertiary/aromatic N) is 2. The monoisotopic (exact) mass is 320 g/mol. The Hall–Kier alpha value is -2.19. The first kappa shape index (κ1) is 13.8. The van der Waals surface area contributed by atoms with Gasteiger partial charge < -0.3 is 11.1 Å². The minimum Gasteiger partial charge on any atom is -0.366 e. The highest BCUT2D eigenvalue weighted by Gasteiger charge is 2.18. The maximum Gasteiger partial charge on any atom is 0.276 e. The number of nitrogens with two attached hydrogens (primary N) is 1. The Morgan fingerprint density at radius 3 is 2.81 bits per heavy atom. The van der Waals surface area contributed by atoms with Gasteiger partial charge in [0.05, 0.1) is 5.56 Å². The molecule has 0 aliphatic heterocycles. The summed E-state index contributed by atoms with van der Waals surface area (Å²) in [5.41, 5.74) is 6.96. The molecule has 0 bridgehead atoms. The molecular weight excluding hydrogens is 308 g/mol. The lowest BCUT2D eigenvalue weighted by Crippen LogP contribution is -2.16. The number of aryl methyl sites for hydroxylation is 2. The highest BCUT2D eigenvalue weighted by Crippen LogP contribution is 2.27. The van der Waals surface area contributed by atoms with Crippen LogP contribution < -0.4 is 11.1 Å². The molecule has 0 radical (unpaired) electrons. The van der Waals surface area contributed by atoms with E-state index in [9.17, 15) is 9.59 Å². The van der Waals surface area contributed by atoms with Crippen molar-refractivity contribution < 1.29 is 9.59 Å². The molecule has 3 rings (SSSR count). The van der Waals surface area contributed by atoms with E-state index in [-0.39, 0.29) is 5.91 Å². The van der Waals surface area contributed by atoms with Crippen LogP contribution in [0.5, 0.6) is 0 Å². The summed E-state index contributed by atoms with van der Waals surface area (Å²) in [5.74, 6) is -0.911. The third-order valence-corrected chi connectivity index (χ3v) is 4.89. The standard InChI is InChI=1S/C13H12N4O2S2/c1-6-5-20-13-15-9(4-17(6)13)11(19)16-12-8(10(14)18)3-7(2)21-12/h3-5H,1-2H3,(H2,14,18)(H,16,19). The number of thiophene rings is 1. The van der Waals surface area contributed by atoms with Gasteiger partial charge >= 0.3 is 0 Å². The van der Waals surface area contributed by atoms with Crippen molar-refractivity contribution in [1.82, 2.24) is 9.38 Å². The average molecular weight is 320 g/mol. The largest absolute Gasteiger partial charge is 0.366 e. The number of anilines is 1. The number of carbonyl (C=O) groups excluding carboxylic acids is 2. The minimum absolute atomic E-state index is 0.312. The summed E-state index contributed by atoms with van der Waals surface area (Å²) in [5, 5.41) is 5.13. The number of hydrogen-bond donors (Lipinski definition) is 2. The van der Waals surface area contributed by atoms with Crippen LogP contribution in [0.1, 0.15) is 31.4 Å². The van der Waals surface area contributed by atoms with E-state index in [0.29, 0.717) is 16.3 Å². The zero-order valence-corrected chi connectivity index (χ0v) is 13.0. The molecule has 3 N–H and O–H groups in total. The van der Waals surface area contributed by atoms with Crippen molar-refractivity contribution in [3.05, 3.63) is 39.5 Å². The van der Waals surface area contributed by atoms with Gasteiger partial charge in [-0.15, -0.1) is 22.7 Å². The molecule has 3 aromatic rings. The number of rotatable bonds is 3. The number of amides is 2. The van der Waals surface area contributed by atoms with Crippen LogP contribution in [0.15, 0.2) is 17.6 Å². The maximum absolute atomic E-state index is 12.2. The molecule has 0 saturated carbocycles. The molecule has 3 heterocycles. The van der Waals surface area contributed by atoms with Crippen LogP contribution in [0, 0.1) is 13.8 Å². The highest BCUT2D eigenvalue weighted by atomic mass is 32.1. The van der Waals surface area contributed by atoms with E-state index in [1.165, 1.54) is 22.7 Å². The number of thiazole rings is 1. The second-order valence-electron chi connectivity index (χ2n) is 4.57. The Kier molecular flexibility index (Phi) is 3.26. The van der Waals surface area contributed by atoms with Gasteiger partial charge in [0.1, 0.15) is 10.7 Å². The van der Waals surface area contributed by atoms with E-state index in [4.69, 9.17) is 5.73 Å². The van der Waals surface area contributed by atoms with E-state index in [1.807, 2.05) is 23.6 Å². The number of hydrogen-bond acceptors (Lipinski definition) is 5. The smallest absolute Gasteiger partial charge is 0.276 e. The summed E-state index contributed by atoms with van der Waals surface area (Å²) in [6.45, 7) is 3.80. The molecular formula is C13H12N4O2S2. The molecule has 6 nitrogen and oxygen atoms in total. The van der Waals surface area contributed by atoms with E-state index < -0.39 is 5.91 Å². The first-order valence-corrected chi connectivity index (χ1v) is 7.80. The summed E-state index contributed by atoms with van der Waals surface area (Å²) < 4.78 is 1.86. The van der Waals surface area contributed by atoms with Crippen molar-refractivity contribution in [1.29, 1.82) is 0 Å². The maximum atomic E-state index is 12.2. The lowest BCUT2D eigenvalue weighted by molar-refractivity contribution is 0.100. The van der Waals surface area contributed by atoms with Gasteiger partial charge in [-0.25, -0.2) is 4.98 Å². The number of carbonyl (C=O) groups is 2. The molecule has 0 saturated heterocycles. The minimum atomic E-state index is -0.559. The molecule has 0 spiro atoms. The van der Waals surface area contributed by atoms with Gasteiger partial charge in [-0.05, 0) is 19.9 Å². The molecule has 21 heavy (non-hydrogen) atoms. The van der Waals surface area contributed by atoms with E-state index in [1.54, 1.807) is 12.3 Å². The average Bonchev–Trinajstić information content (AvgIpc) is 3.06. The lowest BCUT2D eigenvalue weighted by atomic mass is 10.3.